The Morgan fingerprint density at radius 2 is 1.76 bits per heavy atom. The average Bonchev–Trinajstić information content (AvgIpc) is 2.75. The highest BCUT2D eigenvalue weighted by molar-refractivity contribution is 7.98. The molecule has 0 unspecified atom stereocenters. The van der Waals surface area contributed by atoms with Crippen LogP contribution >= 0.6 is 11.8 Å². The number of nitrogens with zero attached hydrogens (tertiary/aromatic N) is 2. The molecule has 0 aliphatic carbocycles. The average molecular weight is 420 g/mol. The molecule has 0 bridgehead atoms. The van der Waals surface area contributed by atoms with Crippen LogP contribution < -0.4 is 5.32 Å². The first-order valence-electron chi connectivity index (χ1n) is 11.1. The summed E-state index contributed by atoms with van der Waals surface area (Å²) in [7, 11) is 0. The van der Waals surface area contributed by atoms with Crippen molar-refractivity contribution >= 4 is 23.5 Å². The van der Waals surface area contributed by atoms with Gasteiger partial charge in [-0.2, -0.15) is 0 Å². The summed E-state index contributed by atoms with van der Waals surface area (Å²) in [5, 5.41) is 3.06. The van der Waals surface area contributed by atoms with E-state index < -0.39 is 0 Å². The second-order valence-electron chi connectivity index (χ2n) is 8.64. The standard InChI is InChI=1S/C23H37N3O2S/c1-18(2)8-15-26(21-11-16-28-17-12-21)20-9-13-25(14-10-20)23(27)24-19-4-6-22(29-3)7-5-19/h4-7,18,20-21H,8-17H2,1-3H3,(H,24,27). The lowest BCUT2D eigenvalue weighted by molar-refractivity contribution is 0.00321. The Morgan fingerprint density at radius 1 is 1.14 bits per heavy atom. The molecule has 1 aromatic carbocycles. The molecule has 0 saturated carbocycles. The Kier molecular flexibility index (Phi) is 8.69. The minimum Gasteiger partial charge on any atom is -0.381 e. The summed E-state index contributed by atoms with van der Waals surface area (Å²) in [6.07, 6.45) is 7.71. The van der Waals surface area contributed by atoms with Crippen LogP contribution in [0.1, 0.15) is 46.0 Å². The van der Waals surface area contributed by atoms with Gasteiger partial charge in [0.05, 0.1) is 0 Å². The van der Waals surface area contributed by atoms with E-state index in [1.54, 1.807) is 11.8 Å². The molecule has 0 atom stereocenters. The molecular formula is C23H37N3O2S. The second kappa shape index (κ2) is 11.2. The number of thioether (sulfide) groups is 1. The zero-order valence-electron chi connectivity index (χ0n) is 18.2. The van der Waals surface area contributed by atoms with Crippen LogP contribution in [0.3, 0.4) is 0 Å². The van der Waals surface area contributed by atoms with E-state index in [1.165, 1.54) is 17.9 Å². The lowest BCUT2D eigenvalue weighted by Crippen LogP contribution is -2.52. The number of benzene rings is 1. The first kappa shape index (κ1) is 22.4. The highest BCUT2D eigenvalue weighted by Crippen LogP contribution is 2.25. The number of likely N-dealkylation sites (tertiary alicyclic amines) is 1. The van der Waals surface area contributed by atoms with Crippen molar-refractivity contribution in [2.45, 2.75) is 62.9 Å². The fraction of sp³-hybridized carbons (Fsp3) is 0.696. The van der Waals surface area contributed by atoms with Crippen LogP contribution in [0.4, 0.5) is 10.5 Å². The third kappa shape index (κ3) is 6.63. The lowest BCUT2D eigenvalue weighted by atomic mass is 9.96. The van der Waals surface area contributed by atoms with Crippen LogP contribution in [-0.4, -0.2) is 67.0 Å². The van der Waals surface area contributed by atoms with Crippen molar-refractivity contribution in [1.29, 1.82) is 0 Å². The Morgan fingerprint density at radius 3 is 2.34 bits per heavy atom. The molecule has 2 fully saturated rings. The molecule has 0 radical (unpaired) electrons. The summed E-state index contributed by atoms with van der Waals surface area (Å²) in [4.78, 5) is 18.6. The third-order valence-electron chi connectivity index (χ3n) is 6.19. The van der Waals surface area contributed by atoms with Gasteiger partial charge in [0, 0.05) is 49.0 Å². The van der Waals surface area contributed by atoms with Gasteiger partial charge in [-0.05, 0) is 75.1 Å². The molecule has 2 amide bonds. The lowest BCUT2D eigenvalue weighted by Gasteiger charge is -2.44. The zero-order valence-corrected chi connectivity index (χ0v) is 19.0. The Bertz CT molecular complexity index is 624. The fourth-order valence-corrected chi connectivity index (χ4v) is 4.77. The van der Waals surface area contributed by atoms with Crippen molar-refractivity contribution in [2.24, 2.45) is 5.92 Å². The number of carbonyl (C=O) groups excluding carboxylic acids is 1. The maximum absolute atomic E-state index is 12.7. The highest BCUT2D eigenvalue weighted by Gasteiger charge is 2.31. The molecule has 5 nitrogen and oxygen atoms in total. The summed E-state index contributed by atoms with van der Waals surface area (Å²) >= 11 is 1.71. The highest BCUT2D eigenvalue weighted by atomic mass is 32.2. The molecule has 0 aromatic heterocycles. The smallest absolute Gasteiger partial charge is 0.321 e. The number of carbonyl (C=O) groups is 1. The number of urea groups is 1. The van der Waals surface area contributed by atoms with Crippen molar-refractivity contribution in [1.82, 2.24) is 9.80 Å². The maximum atomic E-state index is 12.7. The maximum Gasteiger partial charge on any atom is 0.321 e. The van der Waals surface area contributed by atoms with Gasteiger partial charge in [0.25, 0.3) is 0 Å². The molecule has 162 valence electrons. The summed E-state index contributed by atoms with van der Waals surface area (Å²) in [5.41, 5.74) is 0.871. The van der Waals surface area contributed by atoms with Crippen molar-refractivity contribution in [3.63, 3.8) is 0 Å². The molecule has 2 aliphatic rings. The SMILES string of the molecule is CSc1ccc(NC(=O)N2CCC(N(CCC(C)C)C3CCOCC3)CC2)cc1. The molecule has 2 aliphatic heterocycles. The topological polar surface area (TPSA) is 44.8 Å². The quantitative estimate of drug-likeness (QED) is 0.637. The van der Waals surface area contributed by atoms with E-state index in [0.717, 1.165) is 63.6 Å². The molecule has 2 heterocycles. The van der Waals surface area contributed by atoms with Gasteiger partial charge in [-0.3, -0.25) is 4.90 Å². The number of hydrogen-bond donors (Lipinski definition) is 1. The van der Waals surface area contributed by atoms with Gasteiger partial charge in [-0.15, -0.1) is 11.8 Å². The number of piperidine rings is 1. The summed E-state index contributed by atoms with van der Waals surface area (Å²) in [5.74, 6) is 0.723. The predicted octanol–water partition coefficient (Wildman–Crippen LogP) is 4.93. The number of amides is 2. The normalized spacial score (nSPS) is 19.1. The van der Waals surface area contributed by atoms with Crippen molar-refractivity contribution in [3.05, 3.63) is 24.3 Å². The van der Waals surface area contributed by atoms with E-state index in [9.17, 15) is 4.79 Å². The van der Waals surface area contributed by atoms with Crippen LogP contribution in [0.5, 0.6) is 0 Å². The van der Waals surface area contributed by atoms with Crippen molar-refractivity contribution in [3.8, 4) is 0 Å². The van der Waals surface area contributed by atoms with Crippen LogP contribution in [0.25, 0.3) is 0 Å². The van der Waals surface area contributed by atoms with Crippen LogP contribution in [0.15, 0.2) is 29.2 Å². The van der Waals surface area contributed by atoms with Gasteiger partial charge in [0.2, 0.25) is 0 Å². The van der Waals surface area contributed by atoms with Crippen LogP contribution in [-0.2, 0) is 4.74 Å². The number of anilines is 1. The third-order valence-corrected chi connectivity index (χ3v) is 6.93. The largest absolute Gasteiger partial charge is 0.381 e. The second-order valence-corrected chi connectivity index (χ2v) is 9.52. The Labute approximate surface area is 180 Å². The number of nitrogens with one attached hydrogen (secondary N) is 1. The van der Waals surface area contributed by atoms with E-state index in [1.807, 2.05) is 29.2 Å². The van der Waals surface area contributed by atoms with Crippen LogP contribution in [0, 0.1) is 5.92 Å². The van der Waals surface area contributed by atoms with Gasteiger partial charge >= 0.3 is 6.03 Å². The molecule has 1 aromatic rings. The molecule has 0 spiro atoms. The van der Waals surface area contributed by atoms with Gasteiger partial charge < -0.3 is 15.0 Å². The predicted molar refractivity (Wildman–Crippen MR) is 122 cm³/mol. The van der Waals surface area contributed by atoms with Crippen molar-refractivity contribution in [2.75, 3.05) is 44.4 Å². The number of rotatable bonds is 7. The van der Waals surface area contributed by atoms with Gasteiger partial charge in [-0.25, -0.2) is 4.79 Å². The van der Waals surface area contributed by atoms with E-state index in [4.69, 9.17) is 4.74 Å². The minimum atomic E-state index is 0.0279. The van der Waals surface area contributed by atoms with Gasteiger partial charge in [0.15, 0.2) is 0 Å². The van der Waals surface area contributed by atoms with Crippen molar-refractivity contribution < 1.29 is 9.53 Å². The summed E-state index contributed by atoms with van der Waals surface area (Å²) < 4.78 is 5.59. The summed E-state index contributed by atoms with van der Waals surface area (Å²) in [6, 6.07) is 9.31. The van der Waals surface area contributed by atoms with Crippen LogP contribution in [0.2, 0.25) is 0 Å². The monoisotopic (exact) mass is 419 g/mol. The molecule has 6 heteroatoms. The van der Waals surface area contributed by atoms with Gasteiger partial charge in [-0.1, -0.05) is 13.8 Å². The van der Waals surface area contributed by atoms with E-state index in [2.05, 4.69) is 30.3 Å². The first-order chi connectivity index (χ1) is 14.1. The number of hydrogen-bond acceptors (Lipinski definition) is 4. The minimum absolute atomic E-state index is 0.0279. The molecule has 29 heavy (non-hydrogen) atoms. The molecule has 3 rings (SSSR count). The number of ether oxygens (including phenoxy) is 1. The molecule has 1 N–H and O–H groups in total. The zero-order chi connectivity index (χ0) is 20.6. The Balaban J connectivity index is 1.52. The van der Waals surface area contributed by atoms with E-state index >= 15 is 0 Å². The van der Waals surface area contributed by atoms with Gasteiger partial charge in [0.1, 0.15) is 0 Å². The Hall–Kier alpha value is -1.24. The molecular weight excluding hydrogens is 382 g/mol. The summed E-state index contributed by atoms with van der Waals surface area (Å²) in [6.45, 7) is 9.23. The van der Waals surface area contributed by atoms with E-state index in [-0.39, 0.29) is 6.03 Å². The fourth-order valence-electron chi connectivity index (χ4n) is 4.36. The first-order valence-corrected chi connectivity index (χ1v) is 12.3. The molecule has 2 saturated heterocycles. The van der Waals surface area contributed by atoms with E-state index in [0.29, 0.717) is 12.1 Å².